The van der Waals surface area contributed by atoms with Gasteiger partial charge in [-0.2, -0.15) is 0 Å². The first-order valence-corrected chi connectivity index (χ1v) is 5.85. The third-order valence-corrected chi connectivity index (χ3v) is 3.29. The van der Waals surface area contributed by atoms with Gasteiger partial charge in [-0.25, -0.2) is 0 Å². The van der Waals surface area contributed by atoms with E-state index in [1.165, 1.54) is 6.08 Å². The number of carbonyl (C=O) groups excluding carboxylic acids is 1. The molecule has 0 aromatic heterocycles. The summed E-state index contributed by atoms with van der Waals surface area (Å²) in [6.45, 7) is 15.3. The first kappa shape index (κ1) is 17.8. The van der Waals surface area contributed by atoms with Gasteiger partial charge in [-0.3, -0.25) is 4.79 Å². The van der Waals surface area contributed by atoms with Gasteiger partial charge in [0.2, 0.25) is 5.91 Å². The molecule has 0 saturated heterocycles. The van der Waals surface area contributed by atoms with E-state index in [1.54, 1.807) is 0 Å². The van der Waals surface area contributed by atoms with Gasteiger partial charge in [-0.05, 0) is 26.3 Å². The van der Waals surface area contributed by atoms with Crippen LogP contribution in [0.1, 0.15) is 34.1 Å². The van der Waals surface area contributed by atoms with E-state index in [4.69, 9.17) is 0 Å². The Kier molecular flexibility index (Phi) is 9.58. The molecule has 1 N–H and O–H groups in total. The van der Waals surface area contributed by atoms with Gasteiger partial charge >= 0.3 is 0 Å². The van der Waals surface area contributed by atoms with Crippen molar-refractivity contribution >= 4 is 5.91 Å². The normalized spacial score (nSPS) is 12.5. The van der Waals surface area contributed by atoms with E-state index in [0.717, 1.165) is 30.5 Å². The fourth-order valence-electron chi connectivity index (χ4n) is 2.13. The second-order valence-electron chi connectivity index (χ2n) is 3.96. The molecule has 0 aromatic carbocycles. The Morgan fingerprint density at radius 2 is 1.88 bits per heavy atom. The van der Waals surface area contributed by atoms with Crippen molar-refractivity contribution in [1.29, 1.82) is 0 Å². The third-order valence-electron chi connectivity index (χ3n) is 3.29. The molecule has 0 bridgehead atoms. The minimum Gasteiger partial charge on any atom is -1.00 e. The molecule has 3 nitrogen and oxygen atoms in total. The zero-order valence-corrected chi connectivity index (χ0v) is 11.7. The molecule has 0 radical (unpaired) electrons. The second kappa shape index (κ2) is 8.59. The number of rotatable bonds is 7. The molecule has 0 aliphatic heterocycles. The Labute approximate surface area is 106 Å². The summed E-state index contributed by atoms with van der Waals surface area (Å²) in [6, 6.07) is 0. The van der Waals surface area contributed by atoms with Crippen LogP contribution in [0.4, 0.5) is 0 Å². The van der Waals surface area contributed by atoms with Crippen LogP contribution in [0.5, 0.6) is 0 Å². The number of halogens is 1. The van der Waals surface area contributed by atoms with Gasteiger partial charge in [0.05, 0.1) is 19.6 Å². The first-order valence-electron chi connectivity index (χ1n) is 5.85. The quantitative estimate of drug-likeness (QED) is 0.346. The Balaban J connectivity index is 0. The number of carbonyl (C=O) groups is 1. The average molecular weight is 249 g/mol. The molecule has 0 aromatic rings. The van der Waals surface area contributed by atoms with Crippen molar-refractivity contribution in [3.63, 3.8) is 0 Å². The van der Waals surface area contributed by atoms with E-state index >= 15 is 0 Å². The SMILES string of the molecule is C=CC(=O)NC(C)[N+](CC)(CC)CCC.[Cl-]. The van der Waals surface area contributed by atoms with Gasteiger partial charge in [-0.1, -0.05) is 13.5 Å². The van der Waals surface area contributed by atoms with Crippen molar-refractivity contribution < 1.29 is 21.7 Å². The monoisotopic (exact) mass is 248 g/mol. The van der Waals surface area contributed by atoms with Gasteiger partial charge in [0.1, 0.15) is 0 Å². The summed E-state index contributed by atoms with van der Waals surface area (Å²) in [5.74, 6) is -0.0806. The van der Waals surface area contributed by atoms with Crippen LogP contribution >= 0.6 is 0 Å². The predicted molar refractivity (Wildman–Crippen MR) is 64.3 cm³/mol. The highest BCUT2D eigenvalue weighted by Crippen LogP contribution is 2.12. The molecular formula is C12H25ClN2O. The number of quaternary nitrogens is 1. The lowest BCUT2D eigenvalue weighted by molar-refractivity contribution is -0.948. The fraction of sp³-hybridized carbons (Fsp3) is 0.750. The Bertz CT molecular complexity index is 215. The highest BCUT2D eigenvalue weighted by molar-refractivity contribution is 5.86. The van der Waals surface area contributed by atoms with E-state index < -0.39 is 0 Å². The van der Waals surface area contributed by atoms with Crippen molar-refractivity contribution in [2.24, 2.45) is 0 Å². The summed E-state index contributed by atoms with van der Waals surface area (Å²) in [5.41, 5.74) is 0. The number of nitrogens with one attached hydrogen (secondary N) is 1. The summed E-state index contributed by atoms with van der Waals surface area (Å²) in [6.07, 6.45) is 2.63. The first-order chi connectivity index (χ1) is 7.06. The van der Waals surface area contributed by atoms with Crippen LogP contribution in [-0.2, 0) is 4.79 Å². The molecule has 0 heterocycles. The van der Waals surface area contributed by atoms with Crippen LogP contribution in [0.2, 0.25) is 0 Å². The minimum atomic E-state index is -0.0806. The zero-order valence-electron chi connectivity index (χ0n) is 10.9. The zero-order chi connectivity index (χ0) is 11.9. The molecule has 0 rings (SSSR count). The van der Waals surface area contributed by atoms with E-state index in [1.807, 2.05) is 0 Å². The Hall–Kier alpha value is -0.540. The number of hydrogen-bond donors (Lipinski definition) is 1. The molecule has 1 unspecified atom stereocenters. The largest absolute Gasteiger partial charge is 1.00 e. The number of amides is 1. The summed E-state index contributed by atoms with van der Waals surface area (Å²) in [4.78, 5) is 11.3. The molecule has 96 valence electrons. The molecule has 0 aliphatic carbocycles. The van der Waals surface area contributed by atoms with Crippen LogP contribution in [0, 0.1) is 0 Å². The number of hydrogen-bond acceptors (Lipinski definition) is 1. The fourth-order valence-corrected chi connectivity index (χ4v) is 2.13. The molecule has 0 spiro atoms. The van der Waals surface area contributed by atoms with Gasteiger partial charge in [-0.15, -0.1) is 0 Å². The molecule has 1 atom stereocenters. The predicted octanol–water partition coefficient (Wildman–Crippen LogP) is -1.09. The molecule has 0 aliphatic rings. The minimum absolute atomic E-state index is 0. The molecule has 4 heteroatoms. The van der Waals surface area contributed by atoms with Gasteiger partial charge in [0.15, 0.2) is 6.17 Å². The van der Waals surface area contributed by atoms with E-state index in [2.05, 4.69) is 39.6 Å². The summed E-state index contributed by atoms with van der Waals surface area (Å²) >= 11 is 0. The van der Waals surface area contributed by atoms with E-state index in [0.29, 0.717) is 0 Å². The summed E-state index contributed by atoms with van der Waals surface area (Å²) < 4.78 is 0.941. The van der Waals surface area contributed by atoms with Crippen molar-refractivity contribution in [1.82, 2.24) is 5.32 Å². The van der Waals surface area contributed by atoms with Crippen molar-refractivity contribution in [2.45, 2.75) is 40.3 Å². The summed E-state index contributed by atoms with van der Waals surface area (Å²) in [7, 11) is 0. The van der Waals surface area contributed by atoms with Crippen molar-refractivity contribution in [2.75, 3.05) is 19.6 Å². The van der Waals surface area contributed by atoms with Gasteiger partial charge in [0, 0.05) is 6.92 Å². The van der Waals surface area contributed by atoms with E-state index in [-0.39, 0.29) is 24.5 Å². The smallest absolute Gasteiger partial charge is 0.247 e. The van der Waals surface area contributed by atoms with Crippen LogP contribution in [0.15, 0.2) is 12.7 Å². The summed E-state index contributed by atoms with van der Waals surface area (Å²) in [5, 5.41) is 2.97. The molecule has 1 amide bonds. The highest BCUT2D eigenvalue weighted by Gasteiger charge is 2.30. The maximum atomic E-state index is 11.3. The Morgan fingerprint density at radius 3 is 2.19 bits per heavy atom. The van der Waals surface area contributed by atoms with Crippen molar-refractivity contribution in [3.8, 4) is 0 Å². The molecular weight excluding hydrogens is 224 g/mol. The highest BCUT2D eigenvalue weighted by atomic mass is 35.5. The van der Waals surface area contributed by atoms with Gasteiger partial charge < -0.3 is 22.2 Å². The van der Waals surface area contributed by atoms with Crippen LogP contribution in [0.3, 0.4) is 0 Å². The lowest BCUT2D eigenvalue weighted by Gasteiger charge is -2.42. The second-order valence-corrected chi connectivity index (χ2v) is 3.96. The maximum absolute atomic E-state index is 11.3. The standard InChI is InChI=1S/C12H24N2O.ClH/c1-6-10-14(8-3,9-4)11(5)13-12(15)7-2;/h7,11H,2,6,8-10H2,1,3-5H3;1H. The van der Waals surface area contributed by atoms with Crippen LogP contribution in [0.25, 0.3) is 0 Å². The van der Waals surface area contributed by atoms with Crippen molar-refractivity contribution in [3.05, 3.63) is 12.7 Å². The van der Waals surface area contributed by atoms with E-state index in [9.17, 15) is 4.79 Å². The molecule has 0 saturated carbocycles. The molecule has 16 heavy (non-hydrogen) atoms. The topological polar surface area (TPSA) is 29.1 Å². The lowest BCUT2D eigenvalue weighted by Crippen LogP contribution is -3.00. The van der Waals surface area contributed by atoms with Crippen LogP contribution < -0.4 is 17.7 Å². The average Bonchev–Trinajstić information content (AvgIpc) is 2.25. The van der Waals surface area contributed by atoms with Crippen LogP contribution in [-0.4, -0.2) is 36.2 Å². The third kappa shape index (κ3) is 4.54. The number of nitrogens with zero attached hydrogens (tertiary/aromatic N) is 1. The Morgan fingerprint density at radius 1 is 1.38 bits per heavy atom. The lowest BCUT2D eigenvalue weighted by atomic mass is 10.2. The van der Waals surface area contributed by atoms with Gasteiger partial charge in [0.25, 0.3) is 0 Å². The maximum Gasteiger partial charge on any atom is 0.247 e. The molecule has 0 fully saturated rings.